The van der Waals surface area contributed by atoms with E-state index in [-0.39, 0.29) is 5.78 Å². The number of benzene rings is 1. The third-order valence-corrected chi connectivity index (χ3v) is 3.64. The third-order valence-electron chi connectivity index (χ3n) is 2.87. The molecule has 0 bridgehead atoms. The predicted molar refractivity (Wildman–Crippen MR) is 76.4 cm³/mol. The molecule has 0 amide bonds. The molecule has 0 aliphatic rings. The summed E-state index contributed by atoms with van der Waals surface area (Å²) in [6.45, 7) is 0. The van der Waals surface area contributed by atoms with Gasteiger partial charge in [0.2, 0.25) is 0 Å². The van der Waals surface area contributed by atoms with E-state index in [1.165, 1.54) is 0 Å². The zero-order valence-corrected chi connectivity index (χ0v) is 12.3. The van der Waals surface area contributed by atoms with Crippen molar-refractivity contribution in [1.29, 1.82) is 0 Å². The lowest BCUT2D eigenvalue weighted by atomic mass is 10.0. The van der Waals surface area contributed by atoms with Crippen LogP contribution in [0.15, 0.2) is 45.5 Å². The van der Waals surface area contributed by atoms with Crippen molar-refractivity contribution >= 4 is 21.7 Å². The first-order chi connectivity index (χ1) is 9.19. The summed E-state index contributed by atoms with van der Waals surface area (Å²) < 4.78 is 11.3. The molecule has 1 heterocycles. The number of hydrogen-bond acceptors (Lipinski definition) is 3. The molecule has 0 aliphatic carbocycles. The second-order valence-electron chi connectivity index (χ2n) is 4.25. The SMILES string of the molecule is COc1ccc(Br)c(CC(=O)CCc2ccco2)c1. The molecule has 0 radical (unpaired) electrons. The Morgan fingerprint density at radius 3 is 2.89 bits per heavy atom. The van der Waals surface area contributed by atoms with Crippen LogP contribution in [0.5, 0.6) is 5.75 Å². The van der Waals surface area contributed by atoms with Crippen molar-refractivity contribution in [3.05, 3.63) is 52.4 Å². The summed E-state index contributed by atoms with van der Waals surface area (Å²) in [6.07, 6.45) is 3.15. The Bertz CT molecular complexity index is 547. The van der Waals surface area contributed by atoms with E-state index in [1.54, 1.807) is 13.4 Å². The minimum atomic E-state index is 0.186. The van der Waals surface area contributed by atoms with E-state index in [0.717, 1.165) is 21.5 Å². The molecular formula is C15H15BrO3. The highest BCUT2D eigenvalue weighted by atomic mass is 79.9. The number of ether oxygens (including phenoxy) is 1. The predicted octanol–water partition coefficient (Wildman–Crippen LogP) is 3.80. The molecular weight excluding hydrogens is 308 g/mol. The molecule has 100 valence electrons. The second-order valence-corrected chi connectivity index (χ2v) is 5.11. The van der Waals surface area contributed by atoms with Gasteiger partial charge in [-0.3, -0.25) is 4.79 Å². The smallest absolute Gasteiger partial charge is 0.137 e. The highest BCUT2D eigenvalue weighted by Gasteiger charge is 2.09. The molecule has 1 aromatic heterocycles. The van der Waals surface area contributed by atoms with E-state index in [0.29, 0.717) is 19.3 Å². The van der Waals surface area contributed by atoms with E-state index in [1.807, 2.05) is 30.3 Å². The van der Waals surface area contributed by atoms with Crippen LogP contribution in [-0.4, -0.2) is 12.9 Å². The van der Waals surface area contributed by atoms with Crippen LogP contribution in [-0.2, 0) is 17.6 Å². The third kappa shape index (κ3) is 3.96. The number of halogens is 1. The van der Waals surface area contributed by atoms with Gasteiger partial charge in [0.25, 0.3) is 0 Å². The van der Waals surface area contributed by atoms with Crippen LogP contribution >= 0.6 is 15.9 Å². The fraction of sp³-hybridized carbons (Fsp3) is 0.267. The van der Waals surface area contributed by atoms with Gasteiger partial charge in [-0.25, -0.2) is 0 Å². The average molecular weight is 323 g/mol. The molecule has 19 heavy (non-hydrogen) atoms. The fourth-order valence-electron chi connectivity index (χ4n) is 1.83. The van der Waals surface area contributed by atoms with Gasteiger partial charge < -0.3 is 9.15 Å². The summed E-state index contributed by atoms with van der Waals surface area (Å²) in [5.74, 6) is 1.79. The molecule has 0 atom stereocenters. The van der Waals surface area contributed by atoms with E-state index in [4.69, 9.17) is 9.15 Å². The Kier molecular flexibility index (Phi) is 4.80. The maximum Gasteiger partial charge on any atom is 0.137 e. The number of carbonyl (C=O) groups excluding carboxylic acids is 1. The number of hydrogen-bond donors (Lipinski definition) is 0. The Labute approximate surface area is 120 Å². The highest BCUT2D eigenvalue weighted by Crippen LogP contribution is 2.23. The first-order valence-electron chi connectivity index (χ1n) is 6.05. The monoisotopic (exact) mass is 322 g/mol. The molecule has 0 N–H and O–H groups in total. The van der Waals surface area contributed by atoms with Gasteiger partial charge in [0.05, 0.1) is 13.4 Å². The Hall–Kier alpha value is -1.55. The molecule has 0 saturated heterocycles. The molecule has 2 aromatic rings. The van der Waals surface area contributed by atoms with Gasteiger partial charge >= 0.3 is 0 Å². The van der Waals surface area contributed by atoms with Crippen molar-refractivity contribution < 1.29 is 13.9 Å². The molecule has 0 aliphatic heterocycles. The number of aryl methyl sites for hydroxylation is 1. The van der Waals surface area contributed by atoms with Crippen LogP contribution in [0.1, 0.15) is 17.7 Å². The average Bonchev–Trinajstić information content (AvgIpc) is 2.92. The molecule has 4 heteroatoms. The summed E-state index contributed by atoms with van der Waals surface area (Å²) >= 11 is 3.45. The van der Waals surface area contributed by atoms with Gasteiger partial charge in [-0.15, -0.1) is 0 Å². The minimum absolute atomic E-state index is 0.186. The van der Waals surface area contributed by atoms with Gasteiger partial charge in [-0.05, 0) is 35.9 Å². The van der Waals surface area contributed by atoms with Crippen LogP contribution in [0.2, 0.25) is 0 Å². The molecule has 0 unspecified atom stereocenters. The number of ketones is 1. The summed E-state index contributed by atoms with van der Waals surface area (Å²) in [7, 11) is 1.62. The molecule has 0 fully saturated rings. The van der Waals surface area contributed by atoms with Gasteiger partial charge in [0.15, 0.2) is 0 Å². The number of furan rings is 1. The summed E-state index contributed by atoms with van der Waals surface area (Å²) in [5, 5.41) is 0. The number of methoxy groups -OCH3 is 1. The lowest BCUT2D eigenvalue weighted by Gasteiger charge is -2.06. The maximum atomic E-state index is 12.0. The summed E-state index contributed by atoms with van der Waals surface area (Å²) in [5.41, 5.74) is 0.948. The first-order valence-corrected chi connectivity index (χ1v) is 6.85. The van der Waals surface area contributed by atoms with Crippen molar-refractivity contribution in [2.24, 2.45) is 0 Å². The lowest BCUT2D eigenvalue weighted by molar-refractivity contribution is -0.118. The van der Waals surface area contributed by atoms with Crippen molar-refractivity contribution in [1.82, 2.24) is 0 Å². The Morgan fingerprint density at radius 1 is 1.37 bits per heavy atom. The van der Waals surface area contributed by atoms with E-state index in [2.05, 4.69) is 15.9 Å². The lowest BCUT2D eigenvalue weighted by Crippen LogP contribution is -2.05. The van der Waals surface area contributed by atoms with Gasteiger partial charge in [0.1, 0.15) is 17.3 Å². The zero-order valence-electron chi connectivity index (χ0n) is 10.7. The van der Waals surface area contributed by atoms with Crippen molar-refractivity contribution in [2.45, 2.75) is 19.3 Å². The zero-order chi connectivity index (χ0) is 13.7. The maximum absolute atomic E-state index is 12.0. The van der Waals surface area contributed by atoms with Crippen LogP contribution in [0.4, 0.5) is 0 Å². The largest absolute Gasteiger partial charge is 0.497 e. The van der Waals surface area contributed by atoms with Crippen LogP contribution < -0.4 is 4.74 Å². The number of Topliss-reactive ketones (excluding diaryl/α,β-unsaturated/α-hetero) is 1. The normalized spacial score (nSPS) is 10.4. The standard InChI is InChI=1S/C15H15BrO3/c1-18-14-6-7-15(16)11(10-14)9-12(17)4-5-13-3-2-8-19-13/h2-3,6-8,10H,4-5,9H2,1H3. The number of carbonyl (C=O) groups is 1. The topological polar surface area (TPSA) is 39.4 Å². The van der Waals surface area contributed by atoms with E-state index < -0.39 is 0 Å². The molecule has 0 saturated carbocycles. The van der Waals surface area contributed by atoms with Crippen LogP contribution in [0.3, 0.4) is 0 Å². The van der Waals surface area contributed by atoms with Crippen molar-refractivity contribution in [2.75, 3.05) is 7.11 Å². The summed E-state index contributed by atoms with van der Waals surface area (Å²) in [6, 6.07) is 9.36. The molecule has 3 nitrogen and oxygen atoms in total. The number of rotatable bonds is 6. The molecule has 1 aromatic carbocycles. The summed E-state index contributed by atoms with van der Waals surface area (Å²) in [4.78, 5) is 12.0. The Balaban J connectivity index is 1.94. The first kappa shape index (κ1) is 13.9. The van der Waals surface area contributed by atoms with Crippen molar-refractivity contribution in [3.8, 4) is 5.75 Å². The van der Waals surface area contributed by atoms with Crippen LogP contribution in [0.25, 0.3) is 0 Å². The minimum Gasteiger partial charge on any atom is -0.497 e. The second kappa shape index (κ2) is 6.57. The molecule has 2 rings (SSSR count). The van der Waals surface area contributed by atoms with Gasteiger partial charge in [-0.2, -0.15) is 0 Å². The molecule has 0 spiro atoms. The van der Waals surface area contributed by atoms with E-state index >= 15 is 0 Å². The van der Waals surface area contributed by atoms with Gasteiger partial charge in [0, 0.05) is 23.7 Å². The van der Waals surface area contributed by atoms with Crippen molar-refractivity contribution in [3.63, 3.8) is 0 Å². The van der Waals surface area contributed by atoms with Crippen LogP contribution in [0, 0.1) is 0 Å². The highest BCUT2D eigenvalue weighted by molar-refractivity contribution is 9.10. The quantitative estimate of drug-likeness (QED) is 0.812. The van der Waals surface area contributed by atoms with Gasteiger partial charge in [-0.1, -0.05) is 15.9 Å². The Morgan fingerprint density at radius 2 is 2.21 bits per heavy atom. The van der Waals surface area contributed by atoms with E-state index in [9.17, 15) is 4.79 Å². The fourth-order valence-corrected chi connectivity index (χ4v) is 2.22.